The van der Waals surface area contributed by atoms with Crippen LogP contribution in [0.3, 0.4) is 0 Å². The zero-order valence-corrected chi connectivity index (χ0v) is 17.0. The van der Waals surface area contributed by atoms with Crippen molar-refractivity contribution >= 4 is 0 Å². The van der Waals surface area contributed by atoms with Crippen LogP contribution in [0.1, 0.15) is 76.7 Å². The van der Waals surface area contributed by atoms with Gasteiger partial charge in [-0.2, -0.15) is 0 Å². The Balaban J connectivity index is 1.36. The maximum atomic E-state index is 11.4. The predicted octanol–water partition coefficient (Wildman–Crippen LogP) is 4.26. The van der Waals surface area contributed by atoms with Crippen molar-refractivity contribution < 1.29 is 14.3 Å². The van der Waals surface area contributed by atoms with Crippen LogP contribution in [0.25, 0.3) is 0 Å². The van der Waals surface area contributed by atoms with E-state index in [1.807, 2.05) is 6.07 Å². The van der Waals surface area contributed by atoms with E-state index < -0.39 is 0 Å². The van der Waals surface area contributed by atoms with Crippen LogP contribution in [0.15, 0.2) is 27.6 Å². The number of aliphatic hydroxyl groups excluding tert-OH is 1. The average molecular weight is 385 g/mol. The molecule has 1 aromatic heterocycles. The molecule has 5 aliphatic rings. The van der Waals surface area contributed by atoms with Crippen molar-refractivity contribution in [3.05, 3.63) is 34.4 Å². The Morgan fingerprint density at radius 2 is 1.89 bits per heavy atom. The van der Waals surface area contributed by atoms with Gasteiger partial charge in [0.1, 0.15) is 5.60 Å². The zero-order valence-electron chi connectivity index (χ0n) is 17.0. The molecular formula is C24H32O4. The lowest BCUT2D eigenvalue weighted by molar-refractivity contribution is -0.139. The molecule has 4 nitrogen and oxygen atoms in total. The fourth-order valence-electron chi connectivity index (χ4n) is 8.74. The molecule has 28 heavy (non-hydrogen) atoms. The second-order valence-electron chi connectivity index (χ2n) is 11.0. The van der Waals surface area contributed by atoms with Crippen molar-refractivity contribution in [2.24, 2.45) is 28.6 Å². The summed E-state index contributed by atoms with van der Waals surface area (Å²) in [6, 6.07) is 3.55. The highest BCUT2D eigenvalue weighted by molar-refractivity contribution is 5.35. The van der Waals surface area contributed by atoms with E-state index in [1.54, 1.807) is 12.3 Å². The maximum absolute atomic E-state index is 11.4. The van der Waals surface area contributed by atoms with Crippen molar-refractivity contribution in [2.45, 2.75) is 88.9 Å². The van der Waals surface area contributed by atoms with Crippen molar-refractivity contribution in [1.29, 1.82) is 0 Å². The molecule has 1 N–H and O–H groups in total. The third-order valence-corrected chi connectivity index (χ3v) is 10.2. The van der Waals surface area contributed by atoms with Gasteiger partial charge in [-0.3, -0.25) is 0 Å². The van der Waals surface area contributed by atoms with Crippen molar-refractivity contribution in [1.82, 2.24) is 0 Å². The quantitative estimate of drug-likeness (QED) is 0.735. The summed E-state index contributed by atoms with van der Waals surface area (Å²) >= 11 is 0. The van der Waals surface area contributed by atoms with Crippen LogP contribution in [0, 0.1) is 28.6 Å². The van der Waals surface area contributed by atoms with Crippen LogP contribution >= 0.6 is 0 Å². The third-order valence-electron chi connectivity index (χ3n) is 10.2. The molecule has 1 aromatic rings. The highest BCUT2D eigenvalue weighted by Gasteiger charge is 2.80. The molecule has 6 rings (SSSR count). The summed E-state index contributed by atoms with van der Waals surface area (Å²) in [5, 5.41) is 10.2. The first-order chi connectivity index (χ1) is 13.4. The molecule has 0 unspecified atom stereocenters. The van der Waals surface area contributed by atoms with Crippen LogP contribution in [-0.2, 0) is 4.74 Å². The smallest absolute Gasteiger partial charge is 0.335 e. The van der Waals surface area contributed by atoms with Gasteiger partial charge < -0.3 is 14.3 Å². The topological polar surface area (TPSA) is 63.0 Å². The number of fused-ring (bicyclic) bond motifs is 3. The molecule has 9 atom stereocenters. The first-order valence-electron chi connectivity index (χ1n) is 11.3. The van der Waals surface area contributed by atoms with Gasteiger partial charge in [-0.1, -0.05) is 13.8 Å². The van der Waals surface area contributed by atoms with Crippen molar-refractivity contribution in [3.63, 3.8) is 0 Å². The first-order valence-corrected chi connectivity index (χ1v) is 11.3. The largest absolute Gasteiger partial charge is 0.431 e. The van der Waals surface area contributed by atoms with E-state index in [9.17, 15) is 9.90 Å². The predicted molar refractivity (Wildman–Crippen MR) is 105 cm³/mol. The summed E-state index contributed by atoms with van der Waals surface area (Å²) in [6.07, 6.45) is 11.1. The molecule has 1 saturated heterocycles. The van der Waals surface area contributed by atoms with Crippen LogP contribution < -0.4 is 5.63 Å². The Bertz CT molecular complexity index is 842. The summed E-state index contributed by atoms with van der Waals surface area (Å²) in [6.45, 7) is 4.97. The van der Waals surface area contributed by atoms with Gasteiger partial charge in [0, 0.05) is 11.5 Å². The lowest BCUT2D eigenvalue weighted by Crippen LogP contribution is -2.58. The van der Waals surface area contributed by atoms with Gasteiger partial charge in [-0.05, 0) is 92.1 Å². The van der Waals surface area contributed by atoms with Crippen LogP contribution in [0.5, 0.6) is 0 Å². The minimum Gasteiger partial charge on any atom is -0.431 e. The number of epoxide rings is 1. The van der Waals surface area contributed by atoms with Gasteiger partial charge in [0.2, 0.25) is 0 Å². The number of ether oxygens (including phenoxy) is 1. The molecule has 0 radical (unpaired) electrons. The maximum Gasteiger partial charge on any atom is 0.335 e. The molecular weight excluding hydrogens is 352 g/mol. The van der Waals surface area contributed by atoms with Gasteiger partial charge in [-0.25, -0.2) is 4.79 Å². The Morgan fingerprint density at radius 3 is 2.68 bits per heavy atom. The van der Waals surface area contributed by atoms with E-state index in [0.717, 1.165) is 25.2 Å². The Morgan fingerprint density at radius 1 is 1.04 bits per heavy atom. The number of hydrogen-bond donors (Lipinski definition) is 1. The van der Waals surface area contributed by atoms with Gasteiger partial charge >= 0.3 is 5.63 Å². The first kappa shape index (κ1) is 17.7. The molecule has 0 aromatic carbocycles. The van der Waals surface area contributed by atoms with Gasteiger partial charge in [0.25, 0.3) is 0 Å². The summed E-state index contributed by atoms with van der Waals surface area (Å²) in [5.41, 5.74) is 1.44. The normalized spacial score (nSPS) is 54.2. The van der Waals surface area contributed by atoms with Gasteiger partial charge in [-0.15, -0.1) is 0 Å². The average Bonchev–Trinajstić information content (AvgIpc) is 3.33. The molecule has 0 bridgehead atoms. The van der Waals surface area contributed by atoms with Crippen LogP contribution in [0.2, 0.25) is 0 Å². The Kier molecular flexibility index (Phi) is 3.49. The second kappa shape index (κ2) is 5.51. The lowest BCUT2D eigenvalue weighted by atomic mass is 9.44. The highest BCUT2D eigenvalue weighted by Crippen LogP contribution is 2.77. The summed E-state index contributed by atoms with van der Waals surface area (Å²) in [5.74, 6) is 2.48. The minimum absolute atomic E-state index is 0.0285. The zero-order chi connectivity index (χ0) is 19.3. The fourth-order valence-corrected chi connectivity index (χ4v) is 8.74. The van der Waals surface area contributed by atoms with Crippen LogP contribution in [0.4, 0.5) is 0 Å². The van der Waals surface area contributed by atoms with Crippen molar-refractivity contribution in [2.75, 3.05) is 0 Å². The van der Waals surface area contributed by atoms with E-state index in [1.165, 1.54) is 37.7 Å². The SMILES string of the molecule is C[C@]12CC[C@H](O)C[C@@H]1CC[C@H]1[C@H]2CC[C@]2(C)[C@@H](c3ccc(=O)oc3)C[C@@H]3O[C@@]312. The summed E-state index contributed by atoms with van der Waals surface area (Å²) < 4.78 is 11.8. The molecule has 152 valence electrons. The van der Waals surface area contributed by atoms with Gasteiger partial charge in [0.05, 0.1) is 18.5 Å². The molecule has 1 aliphatic heterocycles. The molecule has 4 heteroatoms. The lowest BCUT2D eigenvalue weighted by Gasteiger charge is -2.61. The molecule has 1 spiro atoms. The van der Waals surface area contributed by atoms with Gasteiger partial charge in [0.15, 0.2) is 0 Å². The number of aliphatic hydroxyl groups is 1. The summed E-state index contributed by atoms with van der Waals surface area (Å²) in [4.78, 5) is 11.4. The Hall–Kier alpha value is -1.13. The van der Waals surface area contributed by atoms with E-state index >= 15 is 0 Å². The molecule has 5 fully saturated rings. The van der Waals surface area contributed by atoms with Crippen molar-refractivity contribution in [3.8, 4) is 0 Å². The Labute approximate surface area is 166 Å². The fraction of sp³-hybridized carbons (Fsp3) is 0.792. The second-order valence-corrected chi connectivity index (χ2v) is 11.0. The summed E-state index contributed by atoms with van der Waals surface area (Å²) in [7, 11) is 0. The third kappa shape index (κ3) is 2.01. The highest BCUT2D eigenvalue weighted by atomic mass is 16.6. The molecule has 4 saturated carbocycles. The van der Waals surface area contributed by atoms with E-state index in [0.29, 0.717) is 29.3 Å². The number of hydrogen-bond acceptors (Lipinski definition) is 4. The van der Waals surface area contributed by atoms with E-state index in [2.05, 4.69) is 13.8 Å². The molecule has 2 heterocycles. The van der Waals surface area contributed by atoms with E-state index in [-0.39, 0.29) is 22.7 Å². The van der Waals surface area contributed by atoms with E-state index in [4.69, 9.17) is 9.15 Å². The van der Waals surface area contributed by atoms with Crippen LogP contribution in [-0.4, -0.2) is 22.9 Å². The standard InChI is InChI=1S/C24H32O4/c1-22-9-7-16(25)11-15(22)4-5-18-17(22)8-10-23(2)19(12-20-24(18,23)28-20)14-3-6-21(26)27-13-14/h3,6,13,15-20,25H,4-5,7-12H2,1-2H3/t15-,16-,17+,18-,19+,20-,22-,23+,24+/m0/s1. The molecule has 0 amide bonds. The molecule has 4 aliphatic carbocycles. The monoisotopic (exact) mass is 384 g/mol. The minimum atomic E-state index is -0.266. The number of rotatable bonds is 1.